The van der Waals surface area contributed by atoms with Crippen LogP contribution < -0.4 is 10.5 Å². The number of halogens is 2. The largest absolute Gasteiger partial charge is 0.489 e. The maximum Gasteiger partial charge on any atom is 0.119 e. The highest BCUT2D eigenvalue weighted by Gasteiger charge is 2.03. The molecule has 2 rings (SSSR count). The highest BCUT2D eigenvalue weighted by atomic mass is 35.5. The topological polar surface area (TPSA) is 35.2 Å². The number of rotatable bonds is 4. The van der Waals surface area contributed by atoms with Crippen LogP contribution in [0.15, 0.2) is 42.5 Å². The Balaban J connectivity index is 2.02. The molecule has 0 unspecified atom stereocenters. The van der Waals surface area contributed by atoms with Gasteiger partial charge in [0.05, 0.1) is 0 Å². The summed E-state index contributed by atoms with van der Waals surface area (Å²) in [6, 6.07) is 13.1. The quantitative estimate of drug-likeness (QED) is 0.895. The Kier molecular flexibility index (Phi) is 4.70. The van der Waals surface area contributed by atoms with E-state index in [1.807, 2.05) is 37.3 Å². The van der Waals surface area contributed by atoms with Crippen LogP contribution >= 0.6 is 23.2 Å². The first-order chi connectivity index (χ1) is 9.06. The summed E-state index contributed by atoms with van der Waals surface area (Å²) in [6.07, 6.45) is 0. The van der Waals surface area contributed by atoms with Gasteiger partial charge in [-0.05, 0) is 36.8 Å². The lowest BCUT2D eigenvalue weighted by Crippen LogP contribution is -2.04. The molecule has 19 heavy (non-hydrogen) atoms. The second-order valence-corrected chi connectivity index (χ2v) is 5.23. The molecule has 0 heterocycles. The van der Waals surface area contributed by atoms with Gasteiger partial charge in [-0.2, -0.15) is 0 Å². The number of benzene rings is 2. The van der Waals surface area contributed by atoms with E-state index >= 15 is 0 Å². The summed E-state index contributed by atoms with van der Waals surface area (Å²) in [5, 5.41) is 1.23. The van der Waals surface area contributed by atoms with Crippen LogP contribution in [-0.4, -0.2) is 0 Å². The molecule has 0 saturated carbocycles. The Bertz CT molecular complexity index is 553. The van der Waals surface area contributed by atoms with Gasteiger partial charge in [0.25, 0.3) is 0 Å². The zero-order chi connectivity index (χ0) is 13.8. The molecular weight excluding hydrogens is 281 g/mol. The van der Waals surface area contributed by atoms with Crippen LogP contribution in [0.1, 0.15) is 24.1 Å². The predicted molar refractivity (Wildman–Crippen MR) is 79.8 cm³/mol. The SMILES string of the molecule is C[C@H](N)c1ccc(OCc2ccc(Cl)cc2Cl)cc1. The normalized spacial score (nSPS) is 12.2. The molecule has 2 aromatic rings. The van der Waals surface area contributed by atoms with Crippen LogP contribution in [0.3, 0.4) is 0 Å². The molecule has 0 aliphatic rings. The van der Waals surface area contributed by atoms with Crippen LogP contribution in [0.25, 0.3) is 0 Å². The third-order valence-corrected chi connectivity index (χ3v) is 3.40. The molecule has 0 fully saturated rings. The highest BCUT2D eigenvalue weighted by molar-refractivity contribution is 6.35. The molecule has 0 aromatic heterocycles. The van der Waals surface area contributed by atoms with Crippen molar-refractivity contribution in [3.63, 3.8) is 0 Å². The van der Waals surface area contributed by atoms with Crippen LogP contribution in [-0.2, 0) is 6.61 Å². The van der Waals surface area contributed by atoms with Gasteiger partial charge in [0.1, 0.15) is 12.4 Å². The molecule has 0 saturated heterocycles. The van der Waals surface area contributed by atoms with Gasteiger partial charge in [0.15, 0.2) is 0 Å². The maximum atomic E-state index is 6.08. The first-order valence-corrected chi connectivity index (χ1v) is 6.74. The number of nitrogens with two attached hydrogens (primary N) is 1. The Morgan fingerprint density at radius 2 is 1.79 bits per heavy atom. The van der Waals surface area contributed by atoms with E-state index in [4.69, 9.17) is 33.7 Å². The second kappa shape index (κ2) is 6.29. The summed E-state index contributed by atoms with van der Waals surface area (Å²) in [6.45, 7) is 2.36. The molecule has 0 radical (unpaired) electrons. The molecule has 0 aliphatic heterocycles. The van der Waals surface area contributed by atoms with E-state index in [2.05, 4.69) is 0 Å². The van der Waals surface area contributed by atoms with E-state index < -0.39 is 0 Å². The molecule has 0 spiro atoms. The lowest BCUT2D eigenvalue weighted by Gasteiger charge is -2.10. The lowest BCUT2D eigenvalue weighted by molar-refractivity contribution is 0.306. The van der Waals surface area contributed by atoms with Gasteiger partial charge in [-0.1, -0.05) is 41.4 Å². The van der Waals surface area contributed by atoms with Gasteiger partial charge in [0, 0.05) is 21.7 Å². The zero-order valence-electron chi connectivity index (χ0n) is 10.6. The van der Waals surface area contributed by atoms with E-state index in [0.29, 0.717) is 16.7 Å². The standard InChI is InChI=1S/C15H15Cl2NO/c1-10(18)11-3-6-14(7-4-11)19-9-12-2-5-13(16)8-15(12)17/h2-8,10H,9,18H2,1H3/t10-/m0/s1. The molecule has 2 N–H and O–H groups in total. The van der Waals surface area contributed by atoms with Crippen molar-refractivity contribution in [3.05, 3.63) is 63.6 Å². The van der Waals surface area contributed by atoms with Crippen molar-refractivity contribution in [1.82, 2.24) is 0 Å². The molecule has 0 bridgehead atoms. The van der Waals surface area contributed by atoms with E-state index in [1.165, 1.54) is 0 Å². The van der Waals surface area contributed by atoms with Crippen molar-refractivity contribution in [2.75, 3.05) is 0 Å². The average molecular weight is 296 g/mol. The summed E-state index contributed by atoms with van der Waals surface area (Å²) < 4.78 is 5.68. The van der Waals surface area contributed by atoms with Gasteiger partial charge in [-0.15, -0.1) is 0 Å². The molecular formula is C15H15Cl2NO. The molecule has 0 aliphatic carbocycles. The van der Waals surface area contributed by atoms with Crippen LogP contribution in [0, 0.1) is 0 Å². The van der Waals surface area contributed by atoms with Gasteiger partial charge < -0.3 is 10.5 Å². The number of hydrogen-bond donors (Lipinski definition) is 1. The monoisotopic (exact) mass is 295 g/mol. The Morgan fingerprint density at radius 1 is 1.11 bits per heavy atom. The van der Waals surface area contributed by atoms with Crippen LogP contribution in [0.4, 0.5) is 0 Å². The third kappa shape index (κ3) is 3.87. The molecule has 0 amide bonds. The van der Waals surface area contributed by atoms with Crippen molar-refractivity contribution in [1.29, 1.82) is 0 Å². The average Bonchev–Trinajstić information content (AvgIpc) is 2.38. The Labute approximate surface area is 123 Å². The fourth-order valence-corrected chi connectivity index (χ4v) is 2.13. The highest BCUT2D eigenvalue weighted by Crippen LogP contribution is 2.23. The minimum atomic E-state index is 0.0276. The van der Waals surface area contributed by atoms with Gasteiger partial charge >= 0.3 is 0 Å². The molecule has 2 aromatic carbocycles. The Hall–Kier alpha value is -1.22. The van der Waals surface area contributed by atoms with Crippen molar-refractivity contribution in [2.45, 2.75) is 19.6 Å². The van der Waals surface area contributed by atoms with Crippen molar-refractivity contribution < 1.29 is 4.74 Å². The molecule has 1 atom stereocenters. The van der Waals surface area contributed by atoms with Crippen molar-refractivity contribution >= 4 is 23.2 Å². The number of hydrogen-bond acceptors (Lipinski definition) is 2. The van der Waals surface area contributed by atoms with Crippen LogP contribution in [0.2, 0.25) is 10.0 Å². The maximum absolute atomic E-state index is 6.08. The minimum absolute atomic E-state index is 0.0276. The Morgan fingerprint density at radius 3 is 2.37 bits per heavy atom. The summed E-state index contributed by atoms with van der Waals surface area (Å²) in [7, 11) is 0. The molecule has 4 heteroatoms. The fraction of sp³-hybridized carbons (Fsp3) is 0.200. The van der Waals surface area contributed by atoms with E-state index in [9.17, 15) is 0 Å². The van der Waals surface area contributed by atoms with E-state index in [-0.39, 0.29) is 6.04 Å². The first kappa shape index (κ1) is 14.2. The minimum Gasteiger partial charge on any atom is -0.489 e. The van der Waals surface area contributed by atoms with Crippen molar-refractivity contribution in [2.24, 2.45) is 5.73 Å². The third-order valence-electron chi connectivity index (χ3n) is 2.82. The fourth-order valence-electron chi connectivity index (χ4n) is 1.67. The van der Waals surface area contributed by atoms with E-state index in [1.54, 1.807) is 12.1 Å². The summed E-state index contributed by atoms with van der Waals surface area (Å²) >= 11 is 11.9. The first-order valence-electron chi connectivity index (χ1n) is 5.98. The second-order valence-electron chi connectivity index (χ2n) is 4.38. The summed E-state index contributed by atoms with van der Waals surface area (Å²) in [5.41, 5.74) is 7.78. The van der Waals surface area contributed by atoms with Crippen molar-refractivity contribution in [3.8, 4) is 5.75 Å². The summed E-state index contributed by atoms with van der Waals surface area (Å²) in [5.74, 6) is 0.787. The predicted octanol–water partition coefficient (Wildman–Crippen LogP) is 4.59. The zero-order valence-corrected chi connectivity index (χ0v) is 12.1. The molecule has 100 valence electrons. The van der Waals surface area contributed by atoms with Gasteiger partial charge in [-0.3, -0.25) is 0 Å². The van der Waals surface area contributed by atoms with Crippen LogP contribution in [0.5, 0.6) is 5.75 Å². The van der Waals surface area contributed by atoms with Gasteiger partial charge in [0.2, 0.25) is 0 Å². The van der Waals surface area contributed by atoms with E-state index in [0.717, 1.165) is 16.9 Å². The lowest BCUT2D eigenvalue weighted by atomic mass is 10.1. The molecule has 2 nitrogen and oxygen atoms in total. The summed E-state index contributed by atoms with van der Waals surface area (Å²) in [4.78, 5) is 0. The number of ether oxygens (including phenoxy) is 1. The smallest absolute Gasteiger partial charge is 0.119 e. The van der Waals surface area contributed by atoms with Gasteiger partial charge in [-0.25, -0.2) is 0 Å².